The van der Waals surface area contributed by atoms with Crippen LogP contribution in [-0.2, 0) is 14.9 Å². The maximum Gasteiger partial charge on any atom is 0.235 e. The number of benzene rings is 2. The van der Waals surface area contributed by atoms with Crippen LogP contribution in [0.15, 0.2) is 60.9 Å². The standard InChI is InChI=1S/C24H24N8O2/c1-16-29-30-31-32(16)21-8-6-20(7-9-21)28-22(33)24(10-12-34-13-11-24)19-4-2-17(3-5-19)18-14-26-23(25)27-15-18/h2-9,14-15H,10-13H2,1H3,(H,28,33)(H2,25,26,27). The molecule has 1 saturated heterocycles. The SMILES string of the molecule is Cc1nnnn1-c1ccc(NC(=O)C2(c3ccc(-c4cnc(N)nc4)cc3)CCOCC2)cc1. The van der Waals surface area contributed by atoms with Crippen molar-refractivity contribution in [3.8, 4) is 16.8 Å². The topological polar surface area (TPSA) is 134 Å². The molecule has 0 unspecified atom stereocenters. The molecule has 34 heavy (non-hydrogen) atoms. The van der Waals surface area contributed by atoms with Crippen molar-refractivity contribution in [2.24, 2.45) is 0 Å². The molecule has 10 nitrogen and oxygen atoms in total. The largest absolute Gasteiger partial charge is 0.381 e. The predicted molar refractivity (Wildman–Crippen MR) is 126 cm³/mol. The van der Waals surface area contributed by atoms with Gasteiger partial charge in [0.05, 0.1) is 11.1 Å². The molecule has 1 amide bonds. The van der Waals surface area contributed by atoms with Gasteiger partial charge in [0.1, 0.15) is 0 Å². The molecule has 1 fully saturated rings. The van der Waals surface area contributed by atoms with E-state index >= 15 is 0 Å². The van der Waals surface area contributed by atoms with Crippen LogP contribution < -0.4 is 11.1 Å². The van der Waals surface area contributed by atoms with Crippen LogP contribution in [0.25, 0.3) is 16.8 Å². The Hall–Kier alpha value is -4.18. The monoisotopic (exact) mass is 456 g/mol. The first-order chi connectivity index (χ1) is 16.5. The maximum absolute atomic E-state index is 13.6. The number of aryl methyl sites for hydroxylation is 1. The molecule has 2 aromatic heterocycles. The van der Waals surface area contributed by atoms with Gasteiger partial charge in [0, 0.05) is 36.9 Å². The van der Waals surface area contributed by atoms with Crippen molar-refractivity contribution >= 4 is 17.5 Å². The Labute approximate surface area is 196 Å². The predicted octanol–water partition coefficient (Wildman–Crippen LogP) is 2.70. The van der Waals surface area contributed by atoms with Crippen LogP contribution in [0.1, 0.15) is 24.2 Å². The number of aromatic nitrogens is 6. The van der Waals surface area contributed by atoms with Gasteiger partial charge in [0.2, 0.25) is 11.9 Å². The maximum atomic E-state index is 13.6. The molecule has 5 rings (SSSR count). The van der Waals surface area contributed by atoms with E-state index in [0.717, 1.165) is 22.4 Å². The molecule has 0 radical (unpaired) electrons. The van der Waals surface area contributed by atoms with E-state index in [1.54, 1.807) is 17.1 Å². The fraction of sp³-hybridized carbons (Fsp3) is 0.250. The number of carbonyl (C=O) groups is 1. The van der Waals surface area contributed by atoms with Crippen molar-refractivity contribution in [3.63, 3.8) is 0 Å². The summed E-state index contributed by atoms with van der Waals surface area (Å²) in [7, 11) is 0. The fourth-order valence-corrected chi connectivity index (χ4v) is 4.24. The second kappa shape index (κ2) is 8.99. The molecule has 0 atom stereocenters. The molecule has 2 aromatic carbocycles. The van der Waals surface area contributed by atoms with Gasteiger partial charge in [-0.3, -0.25) is 4.79 Å². The number of nitrogens with two attached hydrogens (primary N) is 1. The lowest BCUT2D eigenvalue weighted by Gasteiger charge is -2.36. The first-order valence-electron chi connectivity index (χ1n) is 11.0. The minimum absolute atomic E-state index is 0.0503. The molecular formula is C24H24N8O2. The van der Waals surface area contributed by atoms with E-state index in [1.165, 1.54) is 0 Å². The summed E-state index contributed by atoms with van der Waals surface area (Å²) in [6.45, 7) is 2.88. The van der Waals surface area contributed by atoms with Gasteiger partial charge in [-0.25, -0.2) is 9.97 Å². The number of anilines is 2. The molecule has 1 aliphatic heterocycles. The third-order valence-electron chi connectivity index (χ3n) is 6.22. The third kappa shape index (κ3) is 4.11. The minimum atomic E-state index is -0.681. The van der Waals surface area contributed by atoms with Gasteiger partial charge in [-0.05, 0) is 65.6 Å². The summed E-state index contributed by atoms with van der Waals surface area (Å²) >= 11 is 0. The zero-order valence-electron chi connectivity index (χ0n) is 18.7. The summed E-state index contributed by atoms with van der Waals surface area (Å²) in [5.41, 5.74) is 9.22. The molecule has 0 saturated carbocycles. The van der Waals surface area contributed by atoms with E-state index in [4.69, 9.17) is 10.5 Å². The fourth-order valence-electron chi connectivity index (χ4n) is 4.24. The third-order valence-corrected chi connectivity index (χ3v) is 6.22. The van der Waals surface area contributed by atoms with Crippen molar-refractivity contribution in [1.29, 1.82) is 0 Å². The van der Waals surface area contributed by atoms with Crippen LogP contribution in [0.5, 0.6) is 0 Å². The van der Waals surface area contributed by atoms with Crippen molar-refractivity contribution in [2.45, 2.75) is 25.2 Å². The highest BCUT2D eigenvalue weighted by molar-refractivity contribution is 5.99. The summed E-state index contributed by atoms with van der Waals surface area (Å²) in [6.07, 6.45) is 4.58. The van der Waals surface area contributed by atoms with Crippen LogP contribution in [0, 0.1) is 6.92 Å². The van der Waals surface area contributed by atoms with E-state index in [9.17, 15) is 4.79 Å². The van der Waals surface area contributed by atoms with Gasteiger partial charge >= 0.3 is 0 Å². The molecule has 1 aliphatic rings. The zero-order chi connectivity index (χ0) is 23.5. The Balaban J connectivity index is 1.39. The minimum Gasteiger partial charge on any atom is -0.381 e. The lowest BCUT2D eigenvalue weighted by molar-refractivity contribution is -0.125. The summed E-state index contributed by atoms with van der Waals surface area (Å²) in [6, 6.07) is 15.4. The Morgan fingerprint density at radius 1 is 1.00 bits per heavy atom. The average Bonchev–Trinajstić information content (AvgIpc) is 3.31. The number of tetrazole rings is 1. The first kappa shape index (κ1) is 21.7. The molecule has 0 aliphatic carbocycles. The molecular weight excluding hydrogens is 432 g/mol. The Morgan fingerprint density at radius 2 is 1.68 bits per heavy atom. The van der Waals surface area contributed by atoms with Crippen LogP contribution >= 0.6 is 0 Å². The Bertz CT molecular complexity index is 1280. The Kier molecular flexibility index (Phi) is 5.72. The number of nitrogens with zero attached hydrogens (tertiary/aromatic N) is 6. The van der Waals surface area contributed by atoms with Crippen molar-refractivity contribution in [1.82, 2.24) is 30.2 Å². The van der Waals surface area contributed by atoms with Gasteiger partial charge in [0.25, 0.3) is 0 Å². The van der Waals surface area contributed by atoms with Crippen molar-refractivity contribution in [2.75, 3.05) is 24.3 Å². The molecule has 3 heterocycles. The highest BCUT2D eigenvalue weighted by atomic mass is 16.5. The van der Waals surface area contributed by atoms with Crippen molar-refractivity contribution in [3.05, 3.63) is 72.3 Å². The number of amides is 1. The summed E-state index contributed by atoms with van der Waals surface area (Å²) in [4.78, 5) is 21.7. The molecule has 0 bridgehead atoms. The molecule has 4 aromatic rings. The first-order valence-corrected chi connectivity index (χ1v) is 11.0. The quantitative estimate of drug-likeness (QED) is 0.468. The number of nitrogens with one attached hydrogen (secondary N) is 1. The van der Waals surface area contributed by atoms with E-state index in [2.05, 4.69) is 30.8 Å². The molecule has 3 N–H and O–H groups in total. The van der Waals surface area contributed by atoms with Crippen LogP contribution in [0.4, 0.5) is 11.6 Å². The van der Waals surface area contributed by atoms with Gasteiger partial charge in [-0.1, -0.05) is 24.3 Å². The Morgan fingerprint density at radius 3 is 2.29 bits per heavy atom. The van der Waals surface area contributed by atoms with Crippen molar-refractivity contribution < 1.29 is 9.53 Å². The van der Waals surface area contributed by atoms with Gasteiger partial charge < -0.3 is 15.8 Å². The average molecular weight is 457 g/mol. The van der Waals surface area contributed by atoms with E-state index in [0.29, 0.717) is 37.6 Å². The lowest BCUT2D eigenvalue weighted by Crippen LogP contribution is -2.44. The van der Waals surface area contributed by atoms with Gasteiger partial charge in [0.15, 0.2) is 5.82 Å². The van der Waals surface area contributed by atoms with Gasteiger partial charge in [-0.15, -0.1) is 5.10 Å². The van der Waals surface area contributed by atoms with Crippen LogP contribution in [0.2, 0.25) is 0 Å². The number of hydrogen-bond donors (Lipinski definition) is 2. The number of carbonyl (C=O) groups excluding carboxylic acids is 1. The lowest BCUT2D eigenvalue weighted by atomic mass is 9.73. The van der Waals surface area contributed by atoms with Gasteiger partial charge in [-0.2, -0.15) is 4.68 Å². The van der Waals surface area contributed by atoms with E-state index in [1.807, 2.05) is 55.5 Å². The number of rotatable bonds is 5. The number of nitrogen functional groups attached to an aromatic ring is 1. The second-order valence-corrected chi connectivity index (χ2v) is 8.24. The van der Waals surface area contributed by atoms with E-state index < -0.39 is 5.41 Å². The normalized spacial score (nSPS) is 15.1. The second-order valence-electron chi connectivity index (χ2n) is 8.24. The number of ether oxygens (including phenoxy) is 1. The summed E-state index contributed by atoms with van der Waals surface area (Å²) < 4.78 is 7.23. The van der Waals surface area contributed by atoms with E-state index in [-0.39, 0.29) is 11.9 Å². The number of hydrogen-bond acceptors (Lipinski definition) is 8. The zero-order valence-corrected chi connectivity index (χ0v) is 18.7. The highest BCUT2D eigenvalue weighted by Gasteiger charge is 2.41. The highest BCUT2D eigenvalue weighted by Crippen LogP contribution is 2.37. The van der Waals surface area contributed by atoms with Crippen LogP contribution in [0.3, 0.4) is 0 Å². The molecule has 10 heteroatoms. The smallest absolute Gasteiger partial charge is 0.235 e. The molecule has 0 spiro atoms. The van der Waals surface area contributed by atoms with Crippen LogP contribution in [-0.4, -0.2) is 49.3 Å². The molecule has 172 valence electrons. The summed E-state index contributed by atoms with van der Waals surface area (Å²) in [5, 5.41) is 14.7. The summed E-state index contributed by atoms with van der Waals surface area (Å²) in [5.74, 6) is 0.872.